The van der Waals surface area contributed by atoms with Gasteiger partial charge in [0.1, 0.15) is 0 Å². The lowest BCUT2D eigenvalue weighted by molar-refractivity contribution is 0.299. The summed E-state index contributed by atoms with van der Waals surface area (Å²) in [4.78, 5) is 2.48. The van der Waals surface area contributed by atoms with Crippen molar-refractivity contribution in [2.24, 2.45) is 11.3 Å². The maximum absolute atomic E-state index is 2.48. The molecule has 1 saturated heterocycles. The summed E-state index contributed by atoms with van der Waals surface area (Å²) in [6.45, 7) is 9.70. The molecule has 1 nitrogen and oxygen atoms in total. The largest absolute Gasteiger partial charge is 0.306 e. The Kier molecular flexibility index (Phi) is 4.43. The fraction of sp³-hybridized carbons (Fsp3) is 1.00. The van der Waals surface area contributed by atoms with Gasteiger partial charge in [0.25, 0.3) is 0 Å². The summed E-state index contributed by atoms with van der Waals surface area (Å²) < 4.78 is 0. The summed E-state index contributed by atoms with van der Waals surface area (Å²) >= 11 is 0. The molecule has 0 aromatic rings. The number of rotatable bonds is 2. The number of hydrogen-bond donors (Lipinski definition) is 0. The summed E-state index contributed by atoms with van der Waals surface area (Å²) in [5.74, 6) is 0.999. The van der Waals surface area contributed by atoms with Gasteiger partial charge in [-0.25, -0.2) is 0 Å². The van der Waals surface area contributed by atoms with Gasteiger partial charge < -0.3 is 4.90 Å². The first-order valence-corrected chi connectivity index (χ1v) is 6.16. The first-order valence-electron chi connectivity index (χ1n) is 6.16. The minimum Gasteiger partial charge on any atom is -0.306 e. The van der Waals surface area contributed by atoms with Crippen LogP contribution in [-0.4, -0.2) is 25.0 Å². The number of likely N-dealkylation sites (tertiary alicyclic amines) is 1. The van der Waals surface area contributed by atoms with Crippen LogP contribution in [0.4, 0.5) is 0 Å². The number of nitrogens with zero attached hydrogens (tertiary/aromatic N) is 1. The lowest BCUT2D eigenvalue weighted by Gasteiger charge is -2.22. The highest BCUT2D eigenvalue weighted by atomic mass is 15.1. The molecule has 0 aliphatic carbocycles. The third-order valence-corrected chi connectivity index (χ3v) is 3.37. The van der Waals surface area contributed by atoms with E-state index >= 15 is 0 Å². The Morgan fingerprint density at radius 3 is 2.50 bits per heavy atom. The summed E-state index contributed by atoms with van der Waals surface area (Å²) in [5, 5.41) is 0. The van der Waals surface area contributed by atoms with Gasteiger partial charge in [0.15, 0.2) is 0 Å². The van der Waals surface area contributed by atoms with Gasteiger partial charge in [0.05, 0.1) is 0 Å². The fourth-order valence-electron chi connectivity index (χ4n) is 2.23. The fourth-order valence-corrected chi connectivity index (χ4v) is 2.23. The Bertz CT molecular complexity index is 157. The molecule has 1 fully saturated rings. The van der Waals surface area contributed by atoms with Gasteiger partial charge in [0.2, 0.25) is 0 Å². The zero-order valence-corrected chi connectivity index (χ0v) is 10.5. The minimum absolute atomic E-state index is 0.526. The monoisotopic (exact) mass is 197 g/mol. The van der Waals surface area contributed by atoms with E-state index in [1.54, 1.807) is 0 Å². The Morgan fingerprint density at radius 1 is 1.14 bits per heavy atom. The third kappa shape index (κ3) is 4.99. The zero-order valence-electron chi connectivity index (χ0n) is 10.5. The van der Waals surface area contributed by atoms with Gasteiger partial charge in [-0.2, -0.15) is 0 Å². The van der Waals surface area contributed by atoms with Crippen LogP contribution in [0.3, 0.4) is 0 Å². The van der Waals surface area contributed by atoms with Gasteiger partial charge >= 0.3 is 0 Å². The quantitative estimate of drug-likeness (QED) is 0.654. The minimum atomic E-state index is 0.526. The molecule has 1 heteroatoms. The second-order valence-electron chi connectivity index (χ2n) is 6.20. The molecule has 1 rings (SSSR count). The predicted molar refractivity (Wildman–Crippen MR) is 63.5 cm³/mol. The van der Waals surface area contributed by atoms with Crippen LogP contribution < -0.4 is 0 Å². The van der Waals surface area contributed by atoms with Crippen molar-refractivity contribution >= 4 is 0 Å². The topological polar surface area (TPSA) is 3.24 Å². The molecule has 0 amide bonds. The van der Waals surface area contributed by atoms with E-state index in [-0.39, 0.29) is 0 Å². The van der Waals surface area contributed by atoms with Gasteiger partial charge in [-0.05, 0) is 63.6 Å². The molecule has 1 heterocycles. The van der Waals surface area contributed by atoms with Crippen LogP contribution in [0.2, 0.25) is 0 Å². The molecule has 0 aromatic carbocycles. The average molecular weight is 197 g/mol. The molecule has 84 valence electrons. The van der Waals surface area contributed by atoms with Crippen LogP contribution in [0.25, 0.3) is 0 Å². The van der Waals surface area contributed by atoms with Crippen LogP contribution in [0.15, 0.2) is 0 Å². The standard InChI is InChI=1S/C13H27N/c1-13(2,3)9-7-12-6-5-10-14(4)11-8-12/h12H,5-11H2,1-4H3. The van der Waals surface area contributed by atoms with Crippen molar-refractivity contribution in [2.45, 2.75) is 52.9 Å². The van der Waals surface area contributed by atoms with E-state index in [1.165, 1.54) is 45.2 Å². The van der Waals surface area contributed by atoms with Gasteiger partial charge in [-0.3, -0.25) is 0 Å². The van der Waals surface area contributed by atoms with Crippen molar-refractivity contribution in [3.05, 3.63) is 0 Å². The van der Waals surface area contributed by atoms with E-state index in [0.717, 1.165) is 5.92 Å². The van der Waals surface area contributed by atoms with Crippen LogP contribution in [0.5, 0.6) is 0 Å². The lowest BCUT2D eigenvalue weighted by Crippen LogP contribution is -2.19. The van der Waals surface area contributed by atoms with Gasteiger partial charge in [-0.15, -0.1) is 0 Å². The summed E-state index contributed by atoms with van der Waals surface area (Å²) in [7, 11) is 2.26. The third-order valence-electron chi connectivity index (χ3n) is 3.37. The van der Waals surface area contributed by atoms with E-state index in [4.69, 9.17) is 0 Å². The molecule has 0 spiro atoms. The molecule has 0 aromatic heterocycles. The van der Waals surface area contributed by atoms with Crippen molar-refractivity contribution in [3.63, 3.8) is 0 Å². The highest BCUT2D eigenvalue weighted by Gasteiger charge is 2.17. The molecule has 1 atom stereocenters. The second kappa shape index (κ2) is 5.16. The van der Waals surface area contributed by atoms with Crippen LogP contribution >= 0.6 is 0 Å². The smallest absolute Gasteiger partial charge is 0.00191 e. The van der Waals surface area contributed by atoms with Gasteiger partial charge in [-0.1, -0.05) is 20.8 Å². The van der Waals surface area contributed by atoms with Crippen molar-refractivity contribution < 1.29 is 0 Å². The van der Waals surface area contributed by atoms with E-state index in [1.807, 2.05) is 0 Å². The van der Waals surface area contributed by atoms with Gasteiger partial charge in [0, 0.05) is 0 Å². The van der Waals surface area contributed by atoms with Crippen molar-refractivity contribution in [3.8, 4) is 0 Å². The van der Waals surface area contributed by atoms with Crippen molar-refractivity contribution in [1.82, 2.24) is 4.90 Å². The molecule has 1 aliphatic heterocycles. The Labute approximate surface area is 89.9 Å². The SMILES string of the molecule is CN1CCCC(CCC(C)(C)C)CC1. The maximum atomic E-state index is 2.48. The highest BCUT2D eigenvalue weighted by Crippen LogP contribution is 2.28. The van der Waals surface area contributed by atoms with Crippen LogP contribution in [0, 0.1) is 11.3 Å². The van der Waals surface area contributed by atoms with Crippen molar-refractivity contribution in [2.75, 3.05) is 20.1 Å². The van der Waals surface area contributed by atoms with E-state index in [0.29, 0.717) is 5.41 Å². The molecule has 14 heavy (non-hydrogen) atoms. The van der Waals surface area contributed by atoms with E-state index in [2.05, 4.69) is 32.7 Å². The van der Waals surface area contributed by atoms with Crippen LogP contribution in [0.1, 0.15) is 52.9 Å². The Morgan fingerprint density at radius 2 is 1.86 bits per heavy atom. The molecule has 0 saturated carbocycles. The first kappa shape index (κ1) is 12.0. The molecule has 1 aliphatic rings. The Hall–Kier alpha value is -0.0400. The molecular weight excluding hydrogens is 170 g/mol. The van der Waals surface area contributed by atoms with Crippen LogP contribution in [-0.2, 0) is 0 Å². The normalized spacial score (nSPS) is 26.1. The molecule has 0 radical (unpaired) electrons. The zero-order chi connectivity index (χ0) is 10.6. The number of hydrogen-bond acceptors (Lipinski definition) is 1. The first-order chi connectivity index (χ1) is 6.47. The molecule has 1 unspecified atom stereocenters. The van der Waals surface area contributed by atoms with E-state index in [9.17, 15) is 0 Å². The summed E-state index contributed by atoms with van der Waals surface area (Å²) in [6, 6.07) is 0. The summed E-state index contributed by atoms with van der Waals surface area (Å²) in [5.41, 5.74) is 0.526. The molecular formula is C13H27N. The molecule has 0 bridgehead atoms. The summed E-state index contributed by atoms with van der Waals surface area (Å²) in [6.07, 6.45) is 7.12. The Balaban J connectivity index is 2.24. The van der Waals surface area contributed by atoms with Crippen molar-refractivity contribution in [1.29, 1.82) is 0 Å². The lowest BCUT2D eigenvalue weighted by atomic mass is 9.84. The maximum Gasteiger partial charge on any atom is -0.00191 e. The highest BCUT2D eigenvalue weighted by molar-refractivity contribution is 4.71. The molecule has 0 N–H and O–H groups in total. The second-order valence-corrected chi connectivity index (χ2v) is 6.20. The average Bonchev–Trinajstić information content (AvgIpc) is 2.25. The predicted octanol–water partition coefficient (Wildman–Crippen LogP) is 3.54. The van der Waals surface area contributed by atoms with E-state index < -0.39 is 0 Å².